The van der Waals surface area contributed by atoms with Crippen LogP contribution in [0.4, 0.5) is 28.7 Å². The molecule has 0 aliphatic heterocycles. The first-order valence-electron chi connectivity index (χ1n) is 10.2. The number of rotatable bonds is 9. The molecule has 0 aliphatic rings. The zero-order valence-electron chi connectivity index (χ0n) is 19.1. The van der Waals surface area contributed by atoms with Gasteiger partial charge in [0.2, 0.25) is 11.9 Å². The molecule has 0 fully saturated rings. The lowest BCUT2D eigenvalue weighted by Crippen LogP contribution is -2.15. The Balaban J connectivity index is 1.80. The van der Waals surface area contributed by atoms with Gasteiger partial charge in [0.25, 0.3) is 0 Å². The second-order valence-corrected chi connectivity index (χ2v) is 11.1. The number of carbonyl (C=O) groups excluding carboxylic acids is 1. The van der Waals surface area contributed by atoms with Gasteiger partial charge in [0.05, 0.1) is 36.6 Å². The number of nitrogens with one attached hydrogen (secondary N) is 2. The van der Waals surface area contributed by atoms with Crippen LogP contribution in [0.25, 0.3) is 0 Å². The number of aromatic nitrogens is 2. The van der Waals surface area contributed by atoms with Crippen molar-refractivity contribution in [3.63, 3.8) is 0 Å². The number of nitrogens with zero attached hydrogens (tertiary/aromatic N) is 3. The van der Waals surface area contributed by atoms with Crippen LogP contribution in [0, 0.1) is 0 Å². The van der Waals surface area contributed by atoms with Crippen LogP contribution in [0.5, 0.6) is 5.75 Å². The minimum absolute atomic E-state index is 0.233. The van der Waals surface area contributed by atoms with Crippen molar-refractivity contribution in [3.8, 4) is 5.75 Å². The number of hydrogen-bond donors (Lipinski definition) is 3. The topological polar surface area (TPSA) is 134 Å². The van der Waals surface area contributed by atoms with Crippen LogP contribution in [0.1, 0.15) is 0 Å². The minimum atomic E-state index is -2.58. The van der Waals surface area contributed by atoms with E-state index in [1.807, 2.05) is 0 Å². The number of halogens is 1. The lowest BCUT2D eigenvalue weighted by molar-refractivity contribution is -0.131. The Labute approximate surface area is 207 Å². The van der Waals surface area contributed by atoms with Crippen molar-refractivity contribution in [2.24, 2.45) is 0 Å². The molecule has 182 valence electrons. The molecule has 0 saturated heterocycles. The van der Waals surface area contributed by atoms with Gasteiger partial charge in [-0.3, -0.25) is 4.79 Å². The molecule has 35 heavy (non-hydrogen) atoms. The van der Waals surface area contributed by atoms with Crippen molar-refractivity contribution in [1.29, 1.82) is 0 Å². The summed E-state index contributed by atoms with van der Waals surface area (Å²) in [6.45, 7) is 3.35. The number of anilines is 5. The zero-order valence-corrected chi connectivity index (χ0v) is 20.7. The summed E-state index contributed by atoms with van der Waals surface area (Å²) in [7, 11) is -1.09. The lowest BCUT2D eigenvalue weighted by Gasteiger charge is -2.21. The van der Waals surface area contributed by atoms with E-state index in [1.165, 1.54) is 23.9 Å². The summed E-state index contributed by atoms with van der Waals surface area (Å²) in [5.41, 5.74) is 1.91. The Hall–Kier alpha value is -3.88. The van der Waals surface area contributed by atoms with E-state index in [4.69, 9.17) is 21.6 Å². The van der Waals surface area contributed by atoms with Gasteiger partial charge in [-0.25, -0.2) is 19.2 Å². The number of para-hydroxylation sites is 1. The van der Waals surface area contributed by atoms with E-state index in [0.29, 0.717) is 33.8 Å². The first kappa shape index (κ1) is 25.7. The second kappa shape index (κ2) is 11.0. The van der Waals surface area contributed by atoms with Gasteiger partial charge in [-0.1, -0.05) is 12.1 Å². The summed E-state index contributed by atoms with van der Waals surface area (Å²) in [6.07, 6.45) is 4.66. The van der Waals surface area contributed by atoms with Crippen molar-refractivity contribution in [2.75, 3.05) is 35.5 Å². The standard InChI is InChI=1S/C23H23ClN5O5P/c1-34-19-9-8-15(27-21(30)10-11-22(31)32)12-17(19)28-23-25-13-16(14-26-23)29(24)18-6-4-5-7-20(18)35(2,3)33/h4-14H,1-3H3,(H,27,30)(H,31,32)(H,25,26,28). The fraction of sp³-hybridized carbons (Fsp3) is 0.130. The fourth-order valence-corrected chi connectivity index (χ4v) is 4.51. The van der Waals surface area contributed by atoms with E-state index >= 15 is 0 Å². The van der Waals surface area contributed by atoms with E-state index in [9.17, 15) is 14.2 Å². The molecule has 0 radical (unpaired) electrons. The highest BCUT2D eigenvalue weighted by atomic mass is 35.5. The number of carboxylic acid groups (broad SMARTS) is 1. The van der Waals surface area contributed by atoms with Crippen LogP contribution in [-0.2, 0) is 14.2 Å². The van der Waals surface area contributed by atoms with Gasteiger partial charge in [-0.05, 0) is 43.7 Å². The van der Waals surface area contributed by atoms with Crippen molar-refractivity contribution < 1.29 is 24.0 Å². The monoisotopic (exact) mass is 515 g/mol. The molecule has 0 aliphatic carbocycles. The highest BCUT2D eigenvalue weighted by Crippen LogP contribution is 2.40. The van der Waals surface area contributed by atoms with Crippen LogP contribution in [-0.4, -0.2) is 47.4 Å². The summed E-state index contributed by atoms with van der Waals surface area (Å²) in [6, 6.07) is 12.0. The molecule has 0 atom stereocenters. The molecule has 10 nitrogen and oxygen atoms in total. The molecule has 0 saturated carbocycles. The van der Waals surface area contributed by atoms with Gasteiger partial charge in [-0.2, -0.15) is 0 Å². The number of methoxy groups -OCH3 is 1. The molecular weight excluding hydrogens is 493 g/mol. The highest BCUT2D eigenvalue weighted by Gasteiger charge is 2.20. The number of amides is 1. The normalized spacial score (nSPS) is 11.2. The predicted octanol–water partition coefficient (Wildman–Crippen LogP) is 4.35. The maximum absolute atomic E-state index is 12.7. The van der Waals surface area contributed by atoms with Gasteiger partial charge >= 0.3 is 5.97 Å². The van der Waals surface area contributed by atoms with Crippen LogP contribution >= 0.6 is 18.9 Å². The third-order valence-electron chi connectivity index (χ3n) is 4.63. The number of aliphatic carboxylic acids is 1. The number of carboxylic acids is 1. The van der Waals surface area contributed by atoms with E-state index in [0.717, 1.165) is 12.2 Å². The molecule has 1 amide bonds. The molecule has 3 rings (SSSR count). The molecule has 0 spiro atoms. The molecule has 3 aromatic rings. The second-order valence-electron chi connectivity index (χ2n) is 7.59. The van der Waals surface area contributed by atoms with Gasteiger partial charge < -0.3 is 25.0 Å². The molecule has 0 bridgehead atoms. The first-order chi connectivity index (χ1) is 16.6. The predicted molar refractivity (Wildman–Crippen MR) is 137 cm³/mol. The van der Waals surface area contributed by atoms with E-state index in [-0.39, 0.29) is 5.95 Å². The molecule has 3 N–H and O–H groups in total. The van der Waals surface area contributed by atoms with Crippen molar-refractivity contribution >= 4 is 64.8 Å². The highest BCUT2D eigenvalue weighted by molar-refractivity contribution is 7.70. The minimum Gasteiger partial charge on any atom is -0.495 e. The first-order valence-corrected chi connectivity index (χ1v) is 13.1. The van der Waals surface area contributed by atoms with E-state index in [1.54, 1.807) is 55.8 Å². The van der Waals surface area contributed by atoms with Crippen molar-refractivity contribution in [1.82, 2.24) is 9.97 Å². The summed E-state index contributed by atoms with van der Waals surface area (Å²) < 4.78 is 19.3. The molecule has 1 heterocycles. The fourth-order valence-electron chi connectivity index (χ4n) is 3.05. The summed E-state index contributed by atoms with van der Waals surface area (Å²) in [4.78, 5) is 31.0. The number of hydrogen-bond acceptors (Lipinski definition) is 8. The quantitative estimate of drug-likeness (QED) is 0.216. The Kier molecular flexibility index (Phi) is 8.11. The number of ether oxygens (including phenoxy) is 1. The average Bonchev–Trinajstić information content (AvgIpc) is 2.82. The molecule has 12 heteroatoms. The van der Waals surface area contributed by atoms with Crippen molar-refractivity contribution in [2.45, 2.75) is 0 Å². The van der Waals surface area contributed by atoms with Gasteiger partial charge in [-0.15, -0.1) is 0 Å². The summed E-state index contributed by atoms with van der Waals surface area (Å²) in [5, 5.41) is 14.9. The Morgan fingerprint density at radius 1 is 1.11 bits per heavy atom. The lowest BCUT2D eigenvalue weighted by atomic mass is 10.2. The van der Waals surface area contributed by atoms with Crippen LogP contribution in [0.3, 0.4) is 0 Å². The Bertz CT molecular complexity index is 1310. The number of benzene rings is 2. The summed E-state index contributed by atoms with van der Waals surface area (Å²) >= 11 is 6.53. The number of carbonyl (C=O) groups is 2. The average molecular weight is 516 g/mol. The molecule has 2 aromatic carbocycles. The van der Waals surface area contributed by atoms with Gasteiger partial charge in [0.1, 0.15) is 12.9 Å². The molecule has 0 unspecified atom stereocenters. The Morgan fingerprint density at radius 3 is 2.43 bits per heavy atom. The van der Waals surface area contributed by atoms with Gasteiger partial charge in [0, 0.05) is 34.9 Å². The zero-order chi connectivity index (χ0) is 25.6. The Morgan fingerprint density at radius 2 is 1.80 bits per heavy atom. The van der Waals surface area contributed by atoms with E-state index < -0.39 is 19.0 Å². The maximum Gasteiger partial charge on any atom is 0.328 e. The molecular formula is C23H23ClN5O5P. The van der Waals surface area contributed by atoms with Crippen LogP contribution in [0.15, 0.2) is 67.0 Å². The smallest absolute Gasteiger partial charge is 0.328 e. The summed E-state index contributed by atoms with van der Waals surface area (Å²) in [5.74, 6) is -1.13. The molecule has 1 aromatic heterocycles. The van der Waals surface area contributed by atoms with Crippen molar-refractivity contribution in [3.05, 3.63) is 67.0 Å². The maximum atomic E-state index is 12.7. The largest absolute Gasteiger partial charge is 0.495 e. The SMILES string of the molecule is COc1ccc(NC(=O)C=CC(=O)O)cc1Nc1ncc(N(Cl)c2ccccc2P(C)(C)=O)cn1. The van der Waals surface area contributed by atoms with Gasteiger partial charge in [0.15, 0.2) is 0 Å². The third-order valence-corrected chi connectivity index (χ3v) is 6.54. The third kappa shape index (κ3) is 6.81. The van der Waals surface area contributed by atoms with Crippen LogP contribution < -0.4 is 25.1 Å². The van der Waals surface area contributed by atoms with Crippen LogP contribution in [0.2, 0.25) is 0 Å². The van der Waals surface area contributed by atoms with E-state index in [2.05, 4.69) is 20.6 Å².